The van der Waals surface area contributed by atoms with E-state index >= 15 is 0 Å². The molecule has 0 aliphatic rings. The highest BCUT2D eigenvalue weighted by molar-refractivity contribution is 6.35. The maximum absolute atomic E-state index is 6.11. The molecule has 0 amide bonds. The summed E-state index contributed by atoms with van der Waals surface area (Å²) < 4.78 is 1.76. The topological polar surface area (TPSA) is 17.8 Å². The van der Waals surface area contributed by atoms with E-state index in [1.165, 1.54) is 0 Å². The quantitative estimate of drug-likeness (QED) is 0.750. The van der Waals surface area contributed by atoms with Gasteiger partial charge in [-0.3, -0.25) is 0 Å². The highest BCUT2D eigenvalue weighted by Gasteiger charge is 2.09. The molecule has 2 nitrogen and oxygen atoms in total. The van der Waals surface area contributed by atoms with Crippen molar-refractivity contribution in [3.8, 4) is 5.69 Å². The molecule has 0 N–H and O–H groups in total. The number of halogens is 3. The largest absolute Gasteiger partial charge is 0.236 e. The highest BCUT2D eigenvalue weighted by Crippen LogP contribution is 2.25. The first-order valence-electron chi connectivity index (χ1n) is 4.68. The van der Waals surface area contributed by atoms with Crippen LogP contribution in [0.15, 0.2) is 24.3 Å². The first-order valence-corrected chi connectivity index (χ1v) is 5.98. The third-order valence-electron chi connectivity index (χ3n) is 2.21. The lowest BCUT2D eigenvalue weighted by molar-refractivity contribution is 0.831. The third-order valence-corrected chi connectivity index (χ3v) is 3.02. The van der Waals surface area contributed by atoms with Crippen molar-refractivity contribution < 1.29 is 0 Å². The number of hydrogen-bond donors (Lipinski definition) is 0. The number of rotatable bonds is 2. The van der Waals surface area contributed by atoms with Crippen LogP contribution in [0.3, 0.4) is 0 Å². The van der Waals surface area contributed by atoms with E-state index in [-0.39, 0.29) is 0 Å². The number of aromatic nitrogens is 2. The molecule has 0 aliphatic carbocycles. The van der Waals surface area contributed by atoms with E-state index in [9.17, 15) is 0 Å². The zero-order chi connectivity index (χ0) is 11.7. The van der Waals surface area contributed by atoms with E-state index in [1.54, 1.807) is 16.8 Å². The molecule has 0 unspecified atom stereocenters. The van der Waals surface area contributed by atoms with Crippen LogP contribution in [0.5, 0.6) is 0 Å². The smallest absolute Gasteiger partial charge is 0.0836 e. The van der Waals surface area contributed by atoms with Gasteiger partial charge in [0.2, 0.25) is 0 Å². The average molecular weight is 276 g/mol. The Hall–Kier alpha value is -0.700. The zero-order valence-corrected chi connectivity index (χ0v) is 10.8. The monoisotopic (exact) mass is 274 g/mol. The molecule has 1 aromatic heterocycles. The van der Waals surface area contributed by atoms with Gasteiger partial charge < -0.3 is 0 Å². The van der Waals surface area contributed by atoms with E-state index in [2.05, 4.69) is 5.10 Å². The number of nitrogens with zero attached hydrogens (tertiary/aromatic N) is 2. The summed E-state index contributed by atoms with van der Waals surface area (Å²) in [6, 6.07) is 7.24. The Morgan fingerprint density at radius 2 is 2.00 bits per heavy atom. The molecule has 0 saturated carbocycles. The molecule has 0 spiro atoms. The minimum absolute atomic E-state index is 0.388. The van der Waals surface area contributed by atoms with Crippen LogP contribution in [0.4, 0.5) is 0 Å². The van der Waals surface area contributed by atoms with Crippen LogP contribution in [0.1, 0.15) is 11.4 Å². The maximum atomic E-state index is 6.11. The lowest BCUT2D eigenvalue weighted by Gasteiger charge is -2.06. The fraction of sp³-hybridized carbons (Fsp3) is 0.182. The highest BCUT2D eigenvalue weighted by atomic mass is 35.5. The molecule has 2 rings (SSSR count). The minimum atomic E-state index is 0.388. The van der Waals surface area contributed by atoms with Crippen LogP contribution >= 0.6 is 34.8 Å². The van der Waals surface area contributed by atoms with Gasteiger partial charge in [0.05, 0.1) is 22.3 Å². The summed E-state index contributed by atoms with van der Waals surface area (Å²) in [5.74, 6) is 0.388. The molecule has 1 aromatic carbocycles. The van der Waals surface area contributed by atoms with Gasteiger partial charge in [-0.25, -0.2) is 4.68 Å². The van der Waals surface area contributed by atoms with Crippen LogP contribution in [0, 0.1) is 6.92 Å². The van der Waals surface area contributed by atoms with Gasteiger partial charge >= 0.3 is 0 Å². The molecule has 0 fully saturated rings. The molecule has 16 heavy (non-hydrogen) atoms. The Morgan fingerprint density at radius 1 is 1.25 bits per heavy atom. The molecular weight excluding hydrogens is 266 g/mol. The van der Waals surface area contributed by atoms with Crippen molar-refractivity contribution in [1.82, 2.24) is 9.78 Å². The first-order chi connectivity index (χ1) is 7.61. The SMILES string of the molecule is Cc1cc(CCl)nn1-c1ccc(Cl)cc1Cl. The van der Waals surface area contributed by atoms with Crippen LogP contribution in [-0.2, 0) is 5.88 Å². The Morgan fingerprint density at radius 3 is 2.56 bits per heavy atom. The second kappa shape index (κ2) is 4.66. The summed E-state index contributed by atoms with van der Waals surface area (Å²) in [6.45, 7) is 1.95. The number of hydrogen-bond acceptors (Lipinski definition) is 1. The van der Waals surface area contributed by atoms with Crippen LogP contribution in [0.25, 0.3) is 5.69 Å². The molecule has 1 heterocycles. The summed E-state index contributed by atoms with van der Waals surface area (Å²) in [7, 11) is 0. The van der Waals surface area contributed by atoms with Crippen LogP contribution in [0.2, 0.25) is 10.0 Å². The van der Waals surface area contributed by atoms with Gasteiger partial charge in [0.1, 0.15) is 0 Å². The van der Waals surface area contributed by atoms with Crippen molar-refractivity contribution in [3.63, 3.8) is 0 Å². The second-order valence-electron chi connectivity index (χ2n) is 3.42. The minimum Gasteiger partial charge on any atom is -0.236 e. The van der Waals surface area contributed by atoms with Gasteiger partial charge in [0.25, 0.3) is 0 Å². The third kappa shape index (κ3) is 2.19. The zero-order valence-electron chi connectivity index (χ0n) is 8.54. The number of benzene rings is 1. The van der Waals surface area contributed by atoms with Crippen molar-refractivity contribution in [2.75, 3.05) is 0 Å². The lowest BCUT2D eigenvalue weighted by Crippen LogP contribution is -1.99. The van der Waals surface area contributed by atoms with Gasteiger partial charge in [0.15, 0.2) is 0 Å². The summed E-state index contributed by atoms with van der Waals surface area (Å²) >= 11 is 17.7. The van der Waals surface area contributed by atoms with Crippen molar-refractivity contribution in [2.45, 2.75) is 12.8 Å². The fourth-order valence-corrected chi connectivity index (χ4v) is 2.12. The first kappa shape index (κ1) is 11.8. The molecular formula is C11H9Cl3N2. The standard InChI is InChI=1S/C11H9Cl3N2/c1-7-4-9(6-12)15-16(7)11-3-2-8(13)5-10(11)14/h2-5H,6H2,1H3. The van der Waals surface area contributed by atoms with Gasteiger partial charge in [-0.05, 0) is 31.2 Å². The Bertz CT molecular complexity index is 520. The van der Waals surface area contributed by atoms with Crippen molar-refractivity contribution in [3.05, 3.63) is 45.7 Å². The van der Waals surface area contributed by atoms with Crippen molar-refractivity contribution in [2.24, 2.45) is 0 Å². The molecule has 2 aromatic rings. The normalized spacial score (nSPS) is 10.8. The fourth-order valence-electron chi connectivity index (χ4n) is 1.50. The molecule has 0 aliphatic heterocycles. The van der Waals surface area contributed by atoms with E-state index in [0.717, 1.165) is 17.1 Å². The Kier molecular flexibility index (Phi) is 3.43. The van der Waals surface area contributed by atoms with Gasteiger partial charge in [-0.1, -0.05) is 23.2 Å². The van der Waals surface area contributed by atoms with Crippen molar-refractivity contribution in [1.29, 1.82) is 0 Å². The van der Waals surface area contributed by atoms with Gasteiger partial charge in [-0.15, -0.1) is 11.6 Å². The predicted molar refractivity (Wildman–Crippen MR) is 67.9 cm³/mol. The Balaban J connectivity index is 2.53. The van der Waals surface area contributed by atoms with E-state index in [4.69, 9.17) is 34.8 Å². The Labute approximate surface area is 109 Å². The summed E-state index contributed by atoms with van der Waals surface area (Å²) in [4.78, 5) is 0. The van der Waals surface area contributed by atoms with Crippen LogP contribution in [-0.4, -0.2) is 9.78 Å². The van der Waals surface area contributed by atoms with E-state index < -0.39 is 0 Å². The van der Waals surface area contributed by atoms with E-state index in [1.807, 2.05) is 19.1 Å². The van der Waals surface area contributed by atoms with E-state index in [0.29, 0.717) is 15.9 Å². The number of alkyl halides is 1. The van der Waals surface area contributed by atoms with Gasteiger partial charge in [0, 0.05) is 10.7 Å². The predicted octanol–water partition coefficient (Wildman–Crippen LogP) is 4.23. The molecule has 0 saturated heterocycles. The van der Waals surface area contributed by atoms with Crippen LogP contribution < -0.4 is 0 Å². The maximum Gasteiger partial charge on any atom is 0.0836 e. The second-order valence-corrected chi connectivity index (χ2v) is 4.53. The summed E-state index contributed by atoms with van der Waals surface area (Å²) in [5.41, 5.74) is 2.62. The molecule has 0 bridgehead atoms. The molecule has 5 heteroatoms. The summed E-state index contributed by atoms with van der Waals surface area (Å²) in [6.07, 6.45) is 0. The van der Waals surface area contributed by atoms with Gasteiger partial charge in [-0.2, -0.15) is 5.10 Å². The number of aryl methyl sites for hydroxylation is 1. The average Bonchev–Trinajstić information content (AvgIpc) is 2.60. The molecule has 0 atom stereocenters. The van der Waals surface area contributed by atoms with Crippen molar-refractivity contribution >= 4 is 34.8 Å². The molecule has 0 radical (unpaired) electrons. The summed E-state index contributed by atoms with van der Waals surface area (Å²) in [5, 5.41) is 5.52. The lowest BCUT2D eigenvalue weighted by atomic mass is 10.3. The molecule has 84 valence electrons.